The lowest BCUT2D eigenvalue weighted by Gasteiger charge is -1.94. The smallest absolute Gasteiger partial charge is 0.292 e. The second-order valence-corrected chi connectivity index (χ2v) is 7.43. The lowest BCUT2D eigenvalue weighted by molar-refractivity contribution is 0.507. The van der Waals surface area contributed by atoms with Crippen molar-refractivity contribution in [2.45, 2.75) is 61.3 Å². The molecule has 0 spiro atoms. The molecule has 0 saturated heterocycles. The number of aryl methyl sites for hydroxylation is 3. The van der Waals surface area contributed by atoms with E-state index >= 15 is 0 Å². The summed E-state index contributed by atoms with van der Waals surface area (Å²) in [5.74, 6) is 1.77. The molecule has 3 aromatic rings. The molecule has 0 fully saturated rings. The Morgan fingerprint density at radius 3 is 0.750 bits per heavy atom. The van der Waals surface area contributed by atoms with Crippen LogP contribution in [0.15, 0.2) is 72.8 Å². The van der Waals surface area contributed by atoms with Crippen LogP contribution in [0, 0.1) is 55.3 Å². The maximum absolute atomic E-state index is 8.12. The molecule has 0 amide bonds. The Balaban J connectivity index is 0. The normalized spacial score (nSPS) is 8.00. The third kappa shape index (κ3) is 20.2. The van der Waals surface area contributed by atoms with Crippen LogP contribution in [-0.2, 0) is 0 Å². The monoisotopic (exact) mass is 487 g/mol. The molecule has 3 rings (SSSR count). The fourth-order valence-corrected chi connectivity index (χ4v) is 1.98. The zero-order valence-corrected chi connectivity index (χ0v) is 22.4. The van der Waals surface area contributed by atoms with E-state index in [1.165, 1.54) is 12.8 Å². The molecule has 0 heterocycles. The SMILES string of the molecule is CCC.CCC.Cc1ccc(OC#N)cc1.Cc1ccc(OC#N)cc1.Cc1ccc(OC#N)cc1. The predicted octanol–water partition coefficient (Wildman–Crippen LogP) is 8.40. The highest BCUT2D eigenvalue weighted by Gasteiger charge is 1.90. The molecular weight excluding hydrogens is 450 g/mol. The number of hydrogen-bond acceptors (Lipinski definition) is 6. The fourth-order valence-electron chi connectivity index (χ4n) is 1.98. The van der Waals surface area contributed by atoms with Crippen LogP contribution in [0.4, 0.5) is 0 Å². The molecule has 0 saturated carbocycles. The summed E-state index contributed by atoms with van der Waals surface area (Å²) in [5.41, 5.74) is 3.47. The van der Waals surface area contributed by atoms with Gasteiger partial charge in [0.1, 0.15) is 17.2 Å². The number of hydrogen-bond donors (Lipinski definition) is 0. The summed E-state index contributed by atoms with van der Waals surface area (Å²) in [4.78, 5) is 0. The lowest BCUT2D eigenvalue weighted by Crippen LogP contribution is -1.80. The second-order valence-electron chi connectivity index (χ2n) is 7.43. The number of nitrogens with zero attached hydrogens (tertiary/aromatic N) is 3. The van der Waals surface area contributed by atoms with E-state index in [9.17, 15) is 0 Å². The molecule has 190 valence electrons. The van der Waals surface area contributed by atoms with Crippen LogP contribution in [-0.4, -0.2) is 0 Å². The highest BCUT2D eigenvalue weighted by molar-refractivity contribution is 5.28. The fraction of sp³-hybridized carbons (Fsp3) is 0.300. The Morgan fingerprint density at radius 1 is 0.444 bits per heavy atom. The Labute approximate surface area is 216 Å². The minimum atomic E-state index is 0.591. The Morgan fingerprint density at radius 2 is 0.611 bits per heavy atom. The summed E-state index contributed by atoms with van der Waals surface area (Å²) in [7, 11) is 0. The Hall–Kier alpha value is -4.47. The predicted molar refractivity (Wildman–Crippen MR) is 144 cm³/mol. The maximum atomic E-state index is 8.12. The third-order valence-corrected chi connectivity index (χ3v) is 3.55. The molecule has 0 bridgehead atoms. The van der Waals surface area contributed by atoms with E-state index in [0.29, 0.717) is 17.2 Å². The summed E-state index contributed by atoms with van der Waals surface area (Å²) in [5, 5.41) is 24.4. The van der Waals surface area contributed by atoms with Crippen LogP contribution in [0.5, 0.6) is 17.2 Å². The molecule has 0 aromatic heterocycles. The van der Waals surface area contributed by atoms with E-state index in [2.05, 4.69) is 41.9 Å². The van der Waals surface area contributed by atoms with E-state index in [1.807, 2.05) is 57.2 Å². The van der Waals surface area contributed by atoms with Gasteiger partial charge in [-0.15, -0.1) is 15.8 Å². The number of ether oxygens (including phenoxy) is 3. The van der Waals surface area contributed by atoms with Crippen molar-refractivity contribution in [3.8, 4) is 36.0 Å². The van der Waals surface area contributed by atoms with Crippen molar-refractivity contribution in [1.29, 1.82) is 15.8 Å². The topological polar surface area (TPSA) is 99.1 Å². The summed E-state index contributed by atoms with van der Waals surface area (Å²) in [6, 6.07) is 21.9. The van der Waals surface area contributed by atoms with Gasteiger partial charge in [0.15, 0.2) is 0 Å². The first-order valence-electron chi connectivity index (χ1n) is 11.7. The molecule has 36 heavy (non-hydrogen) atoms. The van der Waals surface area contributed by atoms with Crippen molar-refractivity contribution in [2.75, 3.05) is 0 Å². The number of benzene rings is 3. The van der Waals surface area contributed by atoms with Crippen molar-refractivity contribution in [3.05, 3.63) is 89.5 Å². The molecule has 0 aliphatic rings. The molecular formula is C30H37N3O3. The van der Waals surface area contributed by atoms with Crippen molar-refractivity contribution >= 4 is 0 Å². The molecule has 0 atom stereocenters. The molecule has 0 aliphatic heterocycles. The van der Waals surface area contributed by atoms with Gasteiger partial charge in [0, 0.05) is 0 Å². The first-order chi connectivity index (χ1) is 17.3. The minimum Gasteiger partial charge on any atom is -0.388 e. The van der Waals surface area contributed by atoms with Gasteiger partial charge in [0.05, 0.1) is 0 Å². The second kappa shape index (κ2) is 23.7. The van der Waals surface area contributed by atoms with Crippen LogP contribution in [0.1, 0.15) is 57.2 Å². The molecule has 0 radical (unpaired) electrons. The summed E-state index contributed by atoms with van der Waals surface area (Å²) < 4.78 is 13.7. The van der Waals surface area contributed by atoms with E-state index in [4.69, 9.17) is 15.8 Å². The van der Waals surface area contributed by atoms with Gasteiger partial charge in [-0.05, 0) is 57.2 Å². The van der Waals surface area contributed by atoms with Gasteiger partial charge >= 0.3 is 0 Å². The molecule has 6 heteroatoms. The lowest BCUT2D eigenvalue weighted by atomic mass is 10.2. The largest absolute Gasteiger partial charge is 0.388 e. The highest BCUT2D eigenvalue weighted by Crippen LogP contribution is 2.11. The van der Waals surface area contributed by atoms with Gasteiger partial charge in [-0.25, -0.2) is 0 Å². The average Bonchev–Trinajstić information content (AvgIpc) is 2.86. The maximum Gasteiger partial charge on any atom is 0.292 e. The average molecular weight is 488 g/mol. The van der Waals surface area contributed by atoms with Gasteiger partial charge in [-0.3, -0.25) is 0 Å². The van der Waals surface area contributed by atoms with Crippen LogP contribution in [0.3, 0.4) is 0 Å². The first kappa shape index (κ1) is 33.7. The molecule has 0 unspecified atom stereocenters. The van der Waals surface area contributed by atoms with E-state index in [0.717, 1.165) is 16.7 Å². The van der Waals surface area contributed by atoms with Gasteiger partial charge in [-0.1, -0.05) is 93.6 Å². The third-order valence-electron chi connectivity index (χ3n) is 3.55. The van der Waals surface area contributed by atoms with Gasteiger partial charge < -0.3 is 14.2 Å². The van der Waals surface area contributed by atoms with Crippen LogP contribution in [0.25, 0.3) is 0 Å². The zero-order chi connectivity index (χ0) is 27.6. The number of nitriles is 3. The summed E-state index contributed by atoms with van der Waals surface area (Å²) in [6.07, 6.45) is 7.31. The van der Waals surface area contributed by atoms with Crippen LogP contribution in [0.2, 0.25) is 0 Å². The molecule has 0 N–H and O–H groups in total. The van der Waals surface area contributed by atoms with E-state index in [1.54, 1.807) is 55.2 Å². The first-order valence-corrected chi connectivity index (χ1v) is 11.7. The van der Waals surface area contributed by atoms with Crippen molar-refractivity contribution in [3.63, 3.8) is 0 Å². The zero-order valence-electron chi connectivity index (χ0n) is 22.4. The minimum absolute atomic E-state index is 0.591. The molecule has 3 aromatic carbocycles. The van der Waals surface area contributed by atoms with Crippen LogP contribution < -0.4 is 14.2 Å². The Bertz CT molecular complexity index is 903. The summed E-state index contributed by atoms with van der Waals surface area (Å²) in [6.45, 7) is 14.4. The van der Waals surface area contributed by atoms with Gasteiger partial charge in [-0.2, -0.15) is 0 Å². The number of rotatable bonds is 3. The van der Waals surface area contributed by atoms with E-state index in [-0.39, 0.29) is 0 Å². The molecule has 0 aliphatic carbocycles. The van der Waals surface area contributed by atoms with Crippen LogP contribution >= 0.6 is 0 Å². The standard InChI is InChI=1S/3C8H7NO.2C3H8/c3*1-7-2-4-8(5-3-7)10-6-9;2*1-3-2/h3*2-5H,1H3;2*3H2,1-2H3. The summed E-state index contributed by atoms with van der Waals surface area (Å²) >= 11 is 0. The van der Waals surface area contributed by atoms with Crippen molar-refractivity contribution in [1.82, 2.24) is 0 Å². The van der Waals surface area contributed by atoms with Gasteiger partial charge in [0.25, 0.3) is 18.8 Å². The molecule has 6 nitrogen and oxygen atoms in total. The Kier molecular flexibility index (Phi) is 22.2. The van der Waals surface area contributed by atoms with Crippen molar-refractivity contribution < 1.29 is 14.2 Å². The van der Waals surface area contributed by atoms with E-state index < -0.39 is 0 Å². The van der Waals surface area contributed by atoms with Gasteiger partial charge in [0.2, 0.25) is 0 Å². The quantitative estimate of drug-likeness (QED) is 0.344. The highest BCUT2D eigenvalue weighted by atomic mass is 16.5. The van der Waals surface area contributed by atoms with Crippen molar-refractivity contribution in [2.24, 2.45) is 0 Å².